The minimum Gasteiger partial charge on any atom is -0.377 e. The predicted molar refractivity (Wildman–Crippen MR) is 96.5 cm³/mol. The molecule has 0 bridgehead atoms. The molecule has 7 nitrogen and oxygen atoms in total. The summed E-state index contributed by atoms with van der Waals surface area (Å²) in [4.78, 5) is 31.5. The number of carbonyl (C=O) groups excluding carboxylic acids is 1. The van der Waals surface area contributed by atoms with E-state index in [1.54, 1.807) is 6.92 Å². The van der Waals surface area contributed by atoms with Crippen LogP contribution < -0.4 is 5.56 Å². The number of ether oxygens (including phenoxy) is 1. The molecule has 2 aliphatic rings. The van der Waals surface area contributed by atoms with Crippen LogP contribution in [0.25, 0.3) is 4.96 Å². The molecule has 2 aromatic rings. The van der Waals surface area contributed by atoms with Gasteiger partial charge < -0.3 is 4.74 Å². The number of rotatable bonds is 5. The lowest BCUT2D eigenvalue weighted by Crippen LogP contribution is -2.40. The van der Waals surface area contributed by atoms with Crippen molar-refractivity contribution in [2.75, 3.05) is 25.4 Å². The van der Waals surface area contributed by atoms with Crippen LogP contribution in [0.2, 0.25) is 0 Å². The van der Waals surface area contributed by atoms with Crippen molar-refractivity contribution in [2.45, 2.75) is 43.2 Å². The quantitative estimate of drug-likeness (QED) is 0.725. The Kier molecular flexibility index (Phi) is 4.90. The summed E-state index contributed by atoms with van der Waals surface area (Å²) < 4.78 is 7.81. The fourth-order valence-corrected chi connectivity index (χ4v) is 5.04. The molecule has 0 unspecified atom stereocenters. The highest BCUT2D eigenvalue weighted by Gasteiger charge is 2.26. The average Bonchev–Trinajstić information content (AvgIpc) is 3.23. The lowest BCUT2D eigenvalue weighted by atomic mass is 10.1. The third-order valence-electron chi connectivity index (χ3n) is 4.50. The van der Waals surface area contributed by atoms with Gasteiger partial charge >= 0.3 is 0 Å². The summed E-state index contributed by atoms with van der Waals surface area (Å²) in [5.41, 5.74) is 1.55. The molecule has 4 heterocycles. The van der Waals surface area contributed by atoms with Gasteiger partial charge in [-0.2, -0.15) is 4.52 Å². The summed E-state index contributed by atoms with van der Waals surface area (Å²) in [5.74, 6) is 0.456. The van der Waals surface area contributed by atoms with E-state index in [1.165, 1.54) is 27.6 Å². The van der Waals surface area contributed by atoms with Gasteiger partial charge in [-0.05, 0) is 19.8 Å². The molecule has 1 atom stereocenters. The second kappa shape index (κ2) is 7.14. The molecule has 0 aliphatic carbocycles. The van der Waals surface area contributed by atoms with Gasteiger partial charge in [0.25, 0.3) is 5.56 Å². The van der Waals surface area contributed by atoms with Gasteiger partial charge in [0.1, 0.15) is 5.78 Å². The van der Waals surface area contributed by atoms with Crippen LogP contribution in [0, 0.1) is 0 Å². The lowest BCUT2D eigenvalue weighted by molar-refractivity contribution is -0.114. The summed E-state index contributed by atoms with van der Waals surface area (Å²) in [5, 5.41) is 4.35. The smallest absolute Gasteiger partial charge is 0.279 e. The Morgan fingerprint density at radius 3 is 3.12 bits per heavy atom. The molecule has 0 amide bonds. The first-order valence-corrected chi connectivity index (χ1v) is 10.3. The average molecular weight is 380 g/mol. The molecular formula is C16H20N4O3S2. The van der Waals surface area contributed by atoms with Crippen LogP contribution in [0.3, 0.4) is 0 Å². The standard InChI is InChI=1S/C16H20N4O3S2/c1-10(21)9-24-16-18-20-14(22)12-8-19(7-11-3-2-6-23-11)5-4-13(12)17-15(20)25-16/h11H,2-9H2,1H3/t11-/m1/s1. The minimum atomic E-state index is -0.0806. The number of Topliss-reactive ketones (excluding diaryl/α,β-unsaturated/α-hetero) is 1. The Labute approximate surface area is 153 Å². The van der Waals surface area contributed by atoms with Crippen LogP contribution in [0.5, 0.6) is 0 Å². The van der Waals surface area contributed by atoms with E-state index in [-0.39, 0.29) is 17.4 Å². The molecule has 0 aromatic carbocycles. The van der Waals surface area contributed by atoms with Crippen molar-refractivity contribution in [3.8, 4) is 0 Å². The molecule has 0 N–H and O–H groups in total. The number of carbonyl (C=O) groups is 1. The summed E-state index contributed by atoms with van der Waals surface area (Å²) in [7, 11) is 0. The lowest BCUT2D eigenvalue weighted by Gasteiger charge is -2.29. The largest absolute Gasteiger partial charge is 0.377 e. The number of hydrogen-bond donors (Lipinski definition) is 0. The molecule has 134 valence electrons. The fraction of sp³-hybridized carbons (Fsp3) is 0.625. The van der Waals surface area contributed by atoms with E-state index in [4.69, 9.17) is 4.74 Å². The van der Waals surface area contributed by atoms with Crippen molar-refractivity contribution in [3.63, 3.8) is 0 Å². The Morgan fingerprint density at radius 2 is 2.36 bits per heavy atom. The highest BCUT2D eigenvalue weighted by atomic mass is 32.2. The summed E-state index contributed by atoms with van der Waals surface area (Å²) in [6.45, 7) is 4.78. The van der Waals surface area contributed by atoms with Crippen LogP contribution in [0.4, 0.5) is 0 Å². The van der Waals surface area contributed by atoms with Crippen LogP contribution in [-0.2, 0) is 22.5 Å². The molecule has 2 aromatic heterocycles. The van der Waals surface area contributed by atoms with E-state index in [0.717, 1.165) is 50.2 Å². The maximum absolute atomic E-state index is 12.8. The first kappa shape index (κ1) is 17.1. The van der Waals surface area contributed by atoms with Crippen molar-refractivity contribution in [1.82, 2.24) is 19.5 Å². The van der Waals surface area contributed by atoms with Gasteiger partial charge in [-0.15, -0.1) is 5.10 Å². The number of nitrogens with zero attached hydrogens (tertiary/aromatic N) is 4. The number of aromatic nitrogens is 3. The van der Waals surface area contributed by atoms with Gasteiger partial charge in [-0.25, -0.2) is 4.98 Å². The van der Waals surface area contributed by atoms with Crippen LogP contribution in [0.15, 0.2) is 9.13 Å². The molecule has 25 heavy (non-hydrogen) atoms. The zero-order valence-corrected chi connectivity index (χ0v) is 15.7. The monoisotopic (exact) mass is 380 g/mol. The van der Waals surface area contributed by atoms with Gasteiger partial charge in [0.2, 0.25) is 4.96 Å². The van der Waals surface area contributed by atoms with Gasteiger partial charge in [-0.3, -0.25) is 14.5 Å². The third-order valence-corrected chi connectivity index (χ3v) is 6.69. The van der Waals surface area contributed by atoms with E-state index in [9.17, 15) is 9.59 Å². The summed E-state index contributed by atoms with van der Waals surface area (Å²) in [6, 6.07) is 0. The molecule has 0 spiro atoms. The maximum Gasteiger partial charge on any atom is 0.279 e. The van der Waals surface area contributed by atoms with Crippen molar-refractivity contribution in [2.24, 2.45) is 0 Å². The number of hydrogen-bond acceptors (Lipinski definition) is 8. The normalized spacial score (nSPS) is 20.9. The van der Waals surface area contributed by atoms with Gasteiger partial charge in [0.05, 0.1) is 23.1 Å². The first-order chi connectivity index (χ1) is 12.1. The Morgan fingerprint density at radius 1 is 1.48 bits per heavy atom. The Bertz CT molecular complexity index is 857. The number of fused-ring (bicyclic) bond motifs is 2. The molecule has 1 fully saturated rings. The van der Waals surface area contributed by atoms with Crippen molar-refractivity contribution < 1.29 is 9.53 Å². The predicted octanol–water partition coefficient (Wildman–Crippen LogP) is 1.37. The highest BCUT2D eigenvalue weighted by Crippen LogP contribution is 2.25. The maximum atomic E-state index is 12.8. The fourth-order valence-electron chi connectivity index (χ4n) is 3.29. The second-order valence-electron chi connectivity index (χ2n) is 6.52. The van der Waals surface area contributed by atoms with E-state index in [0.29, 0.717) is 21.6 Å². The molecule has 0 radical (unpaired) electrons. The van der Waals surface area contributed by atoms with E-state index in [2.05, 4.69) is 15.0 Å². The van der Waals surface area contributed by atoms with E-state index < -0.39 is 0 Å². The SMILES string of the molecule is CC(=O)CSc1nn2c(=O)c3c(nc2s1)CCN(C[C@H]1CCCO1)C3. The molecule has 2 aliphatic heterocycles. The molecule has 0 saturated carbocycles. The molecule has 9 heteroatoms. The van der Waals surface area contributed by atoms with Gasteiger partial charge in [-0.1, -0.05) is 23.1 Å². The number of thioether (sulfide) groups is 1. The molecule has 4 rings (SSSR count). The topological polar surface area (TPSA) is 76.8 Å². The van der Waals surface area contributed by atoms with Crippen molar-refractivity contribution >= 4 is 33.8 Å². The zero-order chi connectivity index (χ0) is 17.4. The third kappa shape index (κ3) is 3.64. The zero-order valence-electron chi connectivity index (χ0n) is 14.1. The molecular weight excluding hydrogens is 360 g/mol. The summed E-state index contributed by atoms with van der Waals surface area (Å²) >= 11 is 2.73. The van der Waals surface area contributed by atoms with Gasteiger partial charge in [0, 0.05) is 32.7 Å². The highest BCUT2D eigenvalue weighted by molar-refractivity contribution is 8.01. The molecule has 1 saturated heterocycles. The number of ketones is 1. The minimum absolute atomic E-state index is 0.0806. The van der Waals surface area contributed by atoms with Crippen LogP contribution in [-0.4, -0.2) is 56.8 Å². The Balaban J connectivity index is 1.57. The van der Waals surface area contributed by atoms with Crippen LogP contribution >= 0.6 is 23.1 Å². The van der Waals surface area contributed by atoms with Crippen LogP contribution in [0.1, 0.15) is 31.0 Å². The van der Waals surface area contributed by atoms with Gasteiger partial charge in [0.15, 0.2) is 4.34 Å². The van der Waals surface area contributed by atoms with E-state index in [1.807, 2.05) is 0 Å². The second-order valence-corrected chi connectivity index (χ2v) is 8.69. The van der Waals surface area contributed by atoms with E-state index >= 15 is 0 Å². The van der Waals surface area contributed by atoms with Crippen molar-refractivity contribution in [1.29, 1.82) is 0 Å². The van der Waals surface area contributed by atoms with Crippen molar-refractivity contribution in [3.05, 3.63) is 21.6 Å². The first-order valence-electron chi connectivity index (χ1n) is 8.48. The Hall–Kier alpha value is -1.29. The summed E-state index contributed by atoms with van der Waals surface area (Å²) in [6.07, 6.45) is 3.29.